The van der Waals surface area contributed by atoms with Crippen LogP contribution in [0.2, 0.25) is 5.02 Å². The monoisotopic (exact) mass is 351 g/mol. The number of hydrogen-bond acceptors (Lipinski definition) is 2. The number of rotatable bonds is 5. The van der Waals surface area contributed by atoms with Gasteiger partial charge in [-0.25, -0.2) is 4.39 Å². The van der Waals surface area contributed by atoms with Crippen molar-refractivity contribution in [1.82, 2.24) is 0 Å². The van der Waals surface area contributed by atoms with E-state index < -0.39 is 0 Å². The average molecular weight is 352 g/mol. The molecule has 1 atom stereocenters. The molecule has 0 bridgehead atoms. The third-order valence-electron chi connectivity index (χ3n) is 3.52. The Balaban J connectivity index is 1.96. The number of nitrogens with one attached hydrogen (secondary N) is 1. The molecule has 1 N–H and O–H groups in total. The molecule has 2 rings (SSSR count). The van der Waals surface area contributed by atoms with E-state index in [-0.39, 0.29) is 17.0 Å². The molecule has 0 fully saturated rings. The molecule has 23 heavy (non-hydrogen) atoms. The molecular formula is C18H19ClFNOS. The molecule has 0 saturated heterocycles. The molecule has 0 saturated carbocycles. The van der Waals surface area contributed by atoms with Crippen LogP contribution in [0.3, 0.4) is 0 Å². The van der Waals surface area contributed by atoms with Gasteiger partial charge >= 0.3 is 0 Å². The first kappa shape index (κ1) is 17.8. The van der Waals surface area contributed by atoms with E-state index in [9.17, 15) is 9.18 Å². The van der Waals surface area contributed by atoms with Crippen molar-refractivity contribution in [3.63, 3.8) is 0 Å². The van der Waals surface area contributed by atoms with Crippen molar-refractivity contribution < 1.29 is 9.18 Å². The Morgan fingerprint density at radius 1 is 1.26 bits per heavy atom. The summed E-state index contributed by atoms with van der Waals surface area (Å²) in [6.07, 6.45) is 0. The summed E-state index contributed by atoms with van der Waals surface area (Å²) < 4.78 is 13.0. The topological polar surface area (TPSA) is 29.1 Å². The summed E-state index contributed by atoms with van der Waals surface area (Å²) in [6.45, 7) is 5.80. The predicted octanol–water partition coefficient (Wildman–Crippen LogP) is 5.36. The zero-order valence-corrected chi connectivity index (χ0v) is 14.9. The second-order valence-electron chi connectivity index (χ2n) is 5.50. The van der Waals surface area contributed by atoms with E-state index in [1.165, 1.54) is 23.9 Å². The molecule has 2 aromatic rings. The number of amides is 1. The highest BCUT2D eigenvalue weighted by molar-refractivity contribution is 7.99. The standard InChI is InChI=1S/C18H19ClFNOS/c1-11-4-5-12(2)17(8-11)21-18(22)13(3)23-10-14-6-7-15(20)9-16(14)19/h4-9,13H,10H2,1-3H3,(H,21,22)/t13-/m1/s1. The number of thioether (sulfide) groups is 1. The average Bonchev–Trinajstić information content (AvgIpc) is 2.49. The van der Waals surface area contributed by atoms with Crippen molar-refractivity contribution in [1.29, 1.82) is 0 Å². The zero-order chi connectivity index (χ0) is 17.0. The number of benzene rings is 2. The highest BCUT2D eigenvalue weighted by atomic mass is 35.5. The Kier molecular flexibility index (Phi) is 6.08. The molecule has 0 aromatic heterocycles. The maximum Gasteiger partial charge on any atom is 0.237 e. The van der Waals surface area contributed by atoms with Crippen molar-refractivity contribution in [3.8, 4) is 0 Å². The molecule has 1 amide bonds. The third kappa shape index (κ3) is 4.98. The van der Waals surface area contributed by atoms with Crippen LogP contribution in [0.25, 0.3) is 0 Å². The Morgan fingerprint density at radius 3 is 2.70 bits per heavy atom. The van der Waals surface area contributed by atoms with E-state index in [0.717, 1.165) is 22.4 Å². The van der Waals surface area contributed by atoms with Gasteiger partial charge < -0.3 is 5.32 Å². The van der Waals surface area contributed by atoms with Crippen molar-refractivity contribution in [2.45, 2.75) is 31.8 Å². The van der Waals surface area contributed by atoms with E-state index in [4.69, 9.17) is 11.6 Å². The third-order valence-corrected chi connectivity index (χ3v) is 5.07. The van der Waals surface area contributed by atoms with Gasteiger partial charge in [0.05, 0.1) is 5.25 Å². The molecule has 0 aliphatic carbocycles. The summed E-state index contributed by atoms with van der Waals surface area (Å²) in [6, 6.07) is 10.3. The second kappa shape index (κ2) is 7.84. The fourth-order valence-corrected chi connectivity index (χ4v) is 3.24. The SMILES string of the molecule is Cc1ccc(C)c(NC(=O)[C@@H](C)SCc2ccc(F)cc2Cl)c1. The van der Waals surface area contributed by atoms with Crippen molar-refractivity contribution >= 4 is 35.0 Å². The van der Waals surface area contributed by atoms with Gasteiger partial charge in [-0.1, -0.05) is 29.8 Å². The van der Waals surface area contributed by atoms with E-state index in [1.54, 1.807) is 6.07 Å². The summed E-state index contributed by atoms with van der Waals surface area (Å²) in [5, 5.41) is 3.11. The van der Waals surface area contributed by atoms with E-state index in [1.807, 2.05) is 39.0 Å². The highest BCUT2D eigenvalue weighted by Crippen LogP contribution is 2.25. The van der Waals surface area contributed by atoms with Gasteiger partial charge in [0.15, 0.2) is 0 Å². The van der Waals surface area contributed by atoms with E-state index in [0.29, 0.717) is 10.8 Å². The number of carbonyl (C=O) groups excluding carboxylic acids is 1. The molecule has 0 heterocycles. The van der Waals surface area contributed by atoms with Gasteiger partial charge in [-0.05, 0) is 55.7 Å². The number of halogens is 2. The summed E-state index contributed by atoms with van der Waals surface area (Å²) >= 11 is 7.47. The molecule has 122 valence electrons. The molecule has 2 nitrogen and oxygen atoms in total. The summed E-state index contributed by atoms with van der Waals surface area (Å²) in [7, 11) is 0. The van der Waals surface area contributed by atoms with Crippen LogP contribution in [-0.4, -0.2) is 11.2 Å². The van der Waals surface area contributed by atoms with Gasteiger partial charge in [0.25, 0.3) is 0 Å². The second-order valence-corrected chi connectivity index (χ2v) is 7.23. The number of anilines is 1. The van der Waals surface area contributed by atoms with Gasteiger partial charge in [0, 0.05) is 16.5 Å². The maximum atomic E-state index is 13.0. The van der Waals surface area contributed by atoms with Crippen molar-refractivity contribution in [2.75, 3.05) is 5.32 Å². The van der Waals surface area contributed by atoms with Crippen molar-refractivity contribution in [3.05, 3.63) is 63.9 Å². The van der Waals surface area contributed by atoms with Crippen LogP contribution in [0.15, 0.2) is 36.4 Å². The molecule has 0 aliphatic heterocycles. The number of hydrogen-bond donors (Lipinski definition) is 1. The summed E-state index contributed by atoms with van der Waals surface area (Å²) in [5.41, 5.74) is 3.79. The molecule has 5 heteroatoms. The Labute approximate surface area is 145 Å². The highest BCUT2D eigenvalue weighted by Gasteiger charge is 2.15. The van der Waals surface area contributed by atoms with Gasteiger partial charge in [0.1, 0.15) is 5.82 Å². The quantitative estimate of drug-likeness (QED) is 0.786. The van der Waals surface area contributed by atoms with Crippen molar-refractivity contribution in [2.24, 2.45) is 0 Å². The molecule has 0 unspecified atom stereocenters. The molecule has 2 aromatic carbocycles. The lowest BCUT2D eigenvalue weighted by Crippen LogP contribution is -2.23. The van der Waals surface area contributed by atoms with Crippen LogP contribution in [0, 0.1) is 19.7 Å². The van der Waals surface area contributed by atoms with Crippen LogP contribution in [-0.2, 0) is 10.5 Å². The Hall–Kier alpha value is -1.52. The van der Waals surface area contributed by atoms with Crippen LogP contribution < -0.4 is 5.32 Å². The number of aryl methyl sites for hydroxylation is 2. The zero-order valence-electron chi connectivity index (χ0n) is 13.3. The smallest absolute Gasteiger partial charge is 0.237 e. The first-order chi connectivity index (χ1) is 10.9. The lowest BCUT2D eigenvalue weighted by atomic mass is 10.1. The Bertz CT molecular complexity index is 720. The van der Waals surface area contributed by atoms with E-state index in [2.05, 4.69) is 5.32 Å². The van der Waals surface area contributed by atoms with Crippen LogP contribution >= 0.6 is 23.4 Å². The Morgan fingerprint density at radius 2 is 2.00 bits per heavy atom. The van der Waals surface area contributed by atoms with Crippen LogP contribution in [0.4, 0.5) is 10.1 Å². The predicted molar refractivity (Wildman–Crippen MR) is 96.7 cm³/mol. The lowest BCUT2D eigenvalue weighted by Gasteiger charge is -2.14. The van der Waals surface area contributed by atoms with Gasteiger partial charge in [-0.2, -0.15) is 0 Å². The minimum absolute atomic E-state index is 0.0538. The fraction of sp³-hybridized carbons (Fsp3) is 0.278. The molecule has 0 spiro atoms. The normalized spacial score (nSPS) is 12.0. The largest absolute Gasteiger partial charge is 0.325 e. The summed E-state index contributed by atoms with van der Waals surface area (Å²) in [5.74, 6) is 0.145. The van der Waals surface area contributed by atoms with Gasteiger partial charge in [0.2, 0.25) is 5.91 Å². The van der Waals surface area contributed by atoms with Gasteiger partial charge in [-0.3, -0.25) is 4.79 Å². The minimum Gasteiger partial charge on any atom is -0.325 e. The minimum atomic E-state index is -0.357. The first-order valence-electron chi connectivity index (χ1n) is 7.30. The van der Waals surface area contributed by atoms with Crippen LogP contribution in [0.1, 0.15) is 23.6 Å². The summed E-state index contributed by atoms with van der Waals surface area (Å²) in [4.78, 5) is 12.3. The van der Waals surface area contributed by atoms with Gasteiger partial charge in [-0.15, -0.1) is 11.8 Å². The fourth-order valence-electron chi connectivity index (χ4n) is 2.03. The number of carbonyl (C=O) groups is 1. The molecular weight excluding hydrogens is 333 g/mol. The first-order valence-corrected chi connectivity index (χ1v) is 8.73. The van der Waals surface area contributed by atoms with E-state index >= 15 is 0 Å². The molecule has 0 radical (unpaired) electrons. The molecule has 0 aliphatic rings. The lowest BCUT2D eigenvalue weighted by molar-refractivity contribution is -0.115. The maximum absolute atomic E-state index is 13.0. The van der Waals surface area contributed by atoms with Crippen LogP contribution in [0.5, 0.6) is 0 Å².